The summed E-state index contributed by atoms with van der Waals surface area (Å²) in [4.78, 5) is 0. The van der Waals surface area contributed by atoms with Crippen LogP contribution in [0.15, 0.2) is 30.3 Å². The molecular weight excluding hydrogens is 258 g/mol. The second-order valence-electron chi connectivity index (χ2n) is 7.19. The molecular formula is C19H31NO. The van der Waals surface area contributed by atoms with E-state index in [4.69, 9.17) is 4.74 Å². The lowest BCUT2D eigenvalue weighted by Gasteiger charge is -2.34. The summed E-state index contributed by atoms with van der Waals surface area (Å²) in [5.74, 6) is 0.759. The van der Waals surface area contributed by atoms with E-state index < -0.39 is 0 Å². The topological polar surface area (TPSA) is 21.3 Å². The van der Waals surface area contributed by atoms with Crippen LogP contribution in [0.4, 0.5) is 0 Å². The Kier molecular flexibility index (Phi) is 5.83. The van der Waals surface area contributed by atoms with Crippen molar-refractivity contribution < 1.29 is 4.74 Å². The van der Waals surface area contributed by atoms with Gasteiger partial charge in [-0.15, -0.1) is 0 Å². The quantitative estimate of drug-likeness (QED) is 0.832. The molecule has 1 atom stereocenters. The average molecular weight is 289 g/mol. The summed E-state index contributed by atoms with van der Waals surface area (Å²) in [6, 6.07) is 12.2. The van der Waals surface area contributed by atoms with Crippen molar-refractivity contribution in [1.29, 1.82) is 0 Å². The van der Waals surface area contributed by atoms with E-state index in [-0.39, 0.29) is 5.60 Å². The van der Waals surface area contributed by atoms with Gasteiger partial charge in [0.25, 0.3) is 0 Å². The van der Waals surface area contributed by atoms with E-state index in [9.17, 15) is 0 Å². The Labute approximate surface area is 130 Å². The molecule has 0 saturated heterocycles. The van der Waals surface area contributed by atoms with Crippen LogP contribution in [0.2, 0.25) is 0 Å². The fourth-order valence-electron chi connectivity index (χ4n) is 3.60. The molecule has 2 rings (SSSR count). The van der Waals surface area contributed by atoms with Gasteiger partial charge in [-0.3, -0.25) is 0 Å². The highest BCUT2D eigenvalue weighted by atomic mass is 16.5. The number of ether oxygens (including phenoxy) is 1. The molecule has 1 aliphatic rings. The second-order valence-corrected chi connectivity index (χ2v) is 7.19. The van der Waals surface area contributed by atoms with Crippen molar-refractivity contribution in [3.8, 4) is 0 Å². The summed E-state index contributed by atoms with van der Waals surface area (Å²) < 4.78 is 5.53. The summed E-state index contributed by atoms with van der Waals surface area (Å²) in [5, 5.41) is 3.80. The van der Waals surface area contributed by atoms with Crippen molar-refractivity contribution in [2.45, 2.75) is 76.5 Å². The van der Waals surface area contributed by atoms with Crippen LogP contribution in [-0.2, 0) is 4.74 Å². The predicted molar refractivity (Wildman–Crippen MR) is 89.7 cm³/mol. The Balaban J connectivity index is 1.77. The van der Waals surface area contributed by atoms with E-state index in [2.05, 4.69) is 56.4 Å². The van der Waals surface area contributed by atoms with Crippen LogP contribution in [-0.4, -0.2) is 24.8 Å². The summed E-state index contributed by atoms with van der Waals surface area (Å²) in [6.07, 6.45) is 6.25. The molecule has 118 valence electrons. The van der Waals surface area contributed by atoms with E-state index in [1.54, 1.807) is 7.11 Å². The Hall–Kier alpha value is -0.860. The lowest BCUT2D eigenvalue weighted by molar-refractivity contribution is 0.00724. The zero-order valence-electron chi connectivity index (χ0n) is 14.1. The minimum atomic E-state index is -0.0341. The molecule has 1 saturated carbocycles. The van der Waals surface area contributed by atoms with E-state index in [0.29, 0.717) is 12.1 Å². The van der Waals surface area contributed by atoms with Crippen molar-refractivity contribution in [1.82, 2.24) is 5.32 Å². The molecule has 1 fully saturated rings. The Morgan fingerprint density at radius 2 is 1.76 bits per heavy atom. The second kappa shape index (κ2) is 7.42. The summed E-state index contributed by atoms with van der Waals surface area (Å²) in [7, 11) is 1.80. The first-order chi connectivity index (χ1) is 10.00. The van der Waals surface area contributed by atoms with Crippen molar-refractivity contribution in [2.24, 2.45) is 0 Å². The lowest BCUT2D eigenvalue weighted by Crippen LogP contribution is -2.42. The molecule has 1 unspecified atom stereocenters. The molecule has 1 N–H and O–H groups in total. The molecule has 1 aromatic rings. The maximum atomic E-state index is 5.53. The van der Waals surface area contributed by atoms with Crippen molar-refractivity contribution in [3.05, 3.63) is 35.9 Å². The van der Waals surface area contributed by atoms with Gasteiger partial charge in [-0.2, -0.15) is 0 Å². The summed E-state index contributed by atoms with van der Waals surface area (Å²) in [5.41, 5.74) is 1.48. The third kappa shape index (κ3) is 5.12. The first kappa shape index (κ1) is 16.5. The van der Waals surface area contributed by atoms with Crippen molar-refractivity contribution in [2.75, 3.05) is 7.11 Å². The minimum Gasteiger partial charge on any atom is -0.379 e. The standard InChI is InChI=1S/C19H31NO/c1-15(14-19(2,3)21-4)20-18-12-10-17(11-13-18)16-8-6-5-7-9-16/h5-9,15,17-18,20H,10-14H2,1-4H3. The van der Waals surface area contributed by atoms with Crippen LogP contribution in [0.25, 0.3) is 0 Å². The maximum Gasteiger partial charge on any atom is 0.0637 e. The zero-order valence-corrected chi connectivity index (χ0v) is 14.1. The Morgan fingerprint density at radius 3 is 2.33 bits per heavy atom. The van der Waals surface area contributed by atoms with Crippen LogP contribution in [0, 0.1) is 0 Å². The molecule has 2 nitrogen and oxygen atoms in total. The van der Waals surface area contributed by atoms with Gasteiger partial charge >= 0.3 is 0 Å². The summed E-state index contributed by atoms with van der Waals surface area (Å²) >= 11 is 0. The Morgan fingerprint density at radius 1 is 1.14 bits per heavy atom. The predicted octanol–water partition coefficient (Wildman–Crippen LogP) is 4.51. The van der Waals surface area contributed by atoms with Crippen LogP contribution >= 0.6 is 0 Å². The van der Waals surface area contributed by atoms with Crippen LogP contribution in [0.1, 0.15) is 64.4 Å². The number of methoxy groups -OCH3 is 1. The van der Waals surface area contributed by atoms with Gasteiger partial charge in [-0.05, 0) is 64.4 Å². The number of rotatable bonds is 6. The van der Waals surface area contributed by atoms with Gasteiger partial charge in [0, 0.05) is 19.2 Å². The van der Waals surface area contributed by atoms with Gasteiger partial charge < -0.3 is 10.1 Å². The third-order valence-electron chi connectivity index (χ3n) is 4.87. The van der Waals surface area contributed by atoms with Gasteiger partial charge in [0.2, 0.25) is 0 Å². The van der Waals surface area contributed by atoms with Crippen LogP contribution < -0.4 is 5.32 Å². The molecule has 1 aromatic carbocycles. The number of hydrogen-bond donors (Lipinski definition) is 1. The maximum absolute atomic E-state index is 5.53. The lowest BCUT2D eigenvalue weighted by atomic mass is 9.81. The third-order valence-corrected chi connectivity index (χ3v) is 4.87. The monoisotopic (exact) mass is 289 g/mol. The summed E-state index contributed by atoms with van der Waals surface area (Å²) in [6.45, 7) is 6.61. The van der Waals surface area contributed by atoms with Gasteiger partial charge in [0.15, 0.2) is 0 Å². The van der Waals surface area contributed by atoms with Crippen LogP contribution in [0.3, 0.4) is 0 Å². The molecule has 0 heterocycles. The molecule has 0 bridgehead atoms. The molecule has 0 aromatic heterocycles. The van der Waals surface area contributed by atoms with Crippen LogP contribution in [0.5, 0.6) is 0 Å². The highest BCUT2D eigenvalue weighted by Crippen LogP contribution is 2.33. The van der Waals surface area contributed by atoms with E-state index in [1.807, 2.05) is 0 Å². The molecule has 0 radical (unpaired) electrons. The van der Waals surface area contributed by atoms with E-state index in [1.165, 1.54) is 31.2 Å². The Bertz CT molecular complexity index is 407. The van der Waals surface area contributed by atoms with E-state index >= 15 is 0 Å². The SMILES string of the molecule is COC(C)(C)CC(C)NC1CCC(c2ccccc2)CC1. The first-order valence-electron chi connectivity index (χ1n) is 8.36. The van der Waals surface area contributed by atoms with Gasteiger partial charge in [-0.25, -0.2) is 0 Å². The first-order valence-corrected chi connectivity index (χ1v) is 8.36. The smallest absolute Gasteiger partial charge is 0.0637 e. The molecule has 1 aliphatic carbocycles. The molecule has 0 amide bonds. The van der Waals surface area contributed by atoms with E-state index in [0.717, 1.165) is 12.3 Å². The van der Waals surface area contributed by atoms with Gasteiger partial charge in [0.05, 0.1) is 5.60 Å². The average Bonchev–Trinajstić information content (AvgIpc) is 2.48. The fraction of sp³-hybridized carbons (Fsp3) is 0.684. The van der Waals surface area contributed by atoms with Crippen molar-refractivity contribution in [3.63, 3.8) is 0 Å². The molecule has 0 aliphatic heterocycles. The number of benzene rings is 1. The molecule has 0 spiro atoms. The molecule has 21 heavy (non-hydrogen) atoms. The largest absolute Gasteiger partial charge is 0.379 e. The van der Waals surface area contributed by atoms with Gasteiger partial charge in [-0.1, -0.05) is 30.3 Å². The van der Waals surface area contributed by atoms with Crippen molar-refractivity contribution >= 4 is 0 Å². The zero-order chi connectivity index (χ0) is 15.3. The highest BCUT2D eigenvalue weighted by Gasteiger charge is 2.25. The number of hydrogen-bond acceptors (Lipinski definition) is 2. The fourth-order valence-corrected chi connectivity index (χ4v) is 3.60. The number of nitrogens with one attached hydrogen (secondary N) is 1. The minimum absolute atomic E-state index is 0.0341. The molecule has 2 heteroatoms. The highest BCUT2D eigenvalue weighted by molar-refractivity contribution is 5.20. The normalized spacial score (nSPS) is 24.8. The van der Waals surface area contributed by atoms with Gasteiger partial charge in [0.1, 0.15) is 0 Å².